The molecule has 10 heteroatoms. The van der Waals surface area contributed by atoms with Crippen LogP contribution in [-0.2, 0) is 24.4 Å². The Morgan fingerprint density at radius 2 is 2.23 bits per heavy atom. The molecule has 1 saturated heterocycles. The van der Waals surface area contributed by atoms with Gasteiger partial charge in [-0.3, -0.25) is 9.69 Å². The predicted octanol–water partition coefficient (Wildman–Crippen LogP) is 3.92. The summed E-state index contributed by atoms with van der Waals surface area (Å²) >= 11 is 1.71. The average Bonchev–Trinajstić information content (AvgIpc) is 3.64. The van der Waals surface area contributed by atoms with Gasteiger partial charge in [-0.1, -0.05) is 13.0 Å². The first-order chi connectivity index (χ1) is 17.1. The fourth-order valence-electron chi connectivity index (χ4n) is 4.73. The summed E-state index contributed by atoms with van der Waals surface area (Å²) in [4.78, 5) is 19.6. The van der Waals surface area contributed by atoms with Gasteiger partial charge in [-0.15, -0.1) is 16.4 Å². The van der Waals surface area contributed by atoms with Crippen LogP contribution in [0, 0.1) is 0 Å². The van der Waals surface area contributed by atoms with Crippen molar-refractivity contribution in [3.63, 3.8) is 0 Å². The largest absolute Gasteiger partial charge is 0.497 e. The van der Waals surface area contributed by atoms with Gasteiger partial charge < -0.3 is 14.5 Å². The maximum atomic E-state index is 13.1. The third-order valence-corrected chi connectivity index (χ3v) is 7.39. The van der Waals surface area contributed by atoms with Gasteiger partial charge in [-0.2, -0.15) is 0 Å². The van der Waals surface area contributed by atoms with Gasteiger partial charge in [0.05, 0.1) is 31.3 Å². The Hall–Kier alpha value is -3.08. The highest BCUT2D eigenvalue weighted by atomic mass is 32.1. The zero-order valence-electron chi connectivity index (χ0n) is 20.0. The number of hydrogen-bond acceptors (Lipinski definition) is 8. The molecule has 0 saturated carbocycles. The van der Waals surface area contributed by atoms with Gasteiger partial charge in [0.25, 0.3) is 5.56 Å². The lowest BCUT2D eigenvalue weighted by Crippen LogP contribution is -2.33. The van der Waals surface area contributed by atoms with E-state index in [0.29, 0.717) is 30.9 Å². The van der Waals surface area contributed by atoms with E-state index in [1.807, 2.05) is 28.9 Å². The molecule has 0 amide bonds. The van der Waals surface area contributed by atoms with Crippen LogP contribution in [0.3, 0.4) is 0 Å². The second-order valence-corrected chi connectivity index (χ2v) is 9.87. The SMILES string of the molecule is CC[C@H](c1nnnn1C[C@@H]1CCCO1)N(Cc1cccs1)Cc1cc2ccc(OC)cc2[nH]c1=O. The Labute approximate surface area is 207 Å². The monoisotopic (exact) mass is 494 g/mol. The van der Waals surface area contributed by atoms with Crippen molar-refractivity contribution in [1.82, 2.24) is 30.1 Å². The van der Waals surface area contributed by atoms with Crippen molar-refractivity contribution in [3.05, 3.63) is 68.4 Å². The van der Waals surface area contributed by atoms with Crippen LogP contribution in [0.2, 0.25) is 0 Å². The van der Waals surface area contributed by atoms with Gasteiger partial charge in [0.1, 0.15) is 5.75 Å². The maximum absolute atomic E-state index is 13.1. The van der Waals surface area contributed by atoms with E-state index >= 15 is 0 Å². The molecule has 1 aliphatic heterocycles. The van der Waals surface area contributed by atoms with Crippen LogP contribution in [-0.4, -0.2) is 49.9 Å². The van der Waals surface area contributed by atoms with Gasteiger partial charge in [0.15, 0.2) is 5.82 Å². The first-order valence-electron chi connectivity index (χ1n) is 12.0. The van der Waals surface area contributed by atoms with Crippen LogP contribution < -0.4 is 10.3 Å². The Bertz CT molecular complexity index is 1310. The quantitative estimate of drug-likeness (QED) is 0.357. The molecule has 1 N–H and O–H groups in total. The lowest BCUT2D eigenvalue weighted by atomic mass is 10.1. The van der Waals surface area contributed by atoms with E-state index < -0.39 is 0 Å². The molecule has 0 aliphatic carbocycles. The standard InChI is InChI=1S/C25H30N6O3S/c1-3-23(24-27-28-29-31(24)15-20-6-4-10-34-20)30(16-21-7-5-11-35-21)14-18-12-17-8-9-19(33-2)13-22(17)26-25(18)32/h5,7-9,11-13,20,23H,3-4,6,10,14-16H2,1-2H3,(H,26,32)/t20-,23+/m0/s1. The molecule has 3 aromatic heterocycles. The number of rotatable bonds is 10. The van der Waals surface area contributed by atoms with E-state index in [0.717, 1.165) is 42.6 Å². The van der Waals surface area contributed by atoms with E-state index in [9.17, 15) is 4.79 Å². The lowest BCUT2D eigenvalue weighted by Gasteiger charge is -2.30. The number of aromatic nitrogens is 5. The first kappa shape index (κ1) is 23.7. The fraction of sp³-hybridized carbons (Fsp3) is 0.440. The highest BCUT2D eigenvalue weighted by Gasteiger charge is 2.28. The van der Waals surface area contributed by atoms with Crippen molar-refractivity contribution < 1.29 is 9.47 Å². The highest BCUT2D eigenvalue weighted by Crippen LogP contribution is 2.28. The number of aromatic amines is 1. The molecule has 1 aromatic carbocycles. The zero-order valence-corrected chi connectivity index (χ0v) is 20.8. The van der Waals surface area contributed by atoms with Crippen molar-refractivity contribution >= 4 is 22.2 Å². The van der Waals surface area contributed by atoms with Crippen molar-refractivity contribution in [2.45, 2.75) is 58.0 Å². The van der Waals surface area contributed by atoms with Gasteiger partial charge in [0.2, 0.25) is 0 Å². The molecule has 0 radical (unpaired) electrons. The minimum atomic E-state index is -0.101. The summed E-state index contributed by atoms with van der Waals surface area (Å²) in [6, 6.07) is 11.8. The number of pyridine rings is 1. The second-order valence-electron chi connectivity index (χ2n) is 8.84. The number of methoxy groups -OCH3 is 1. The maximum Gasteiger partial charge on any atom is 0.252 e. The Morgan fingerprint density at radius 3 is 2.97 bits per heavy atom. The molecule has 0 spiro atoms. The number of tetrazole rings is 1. The molecule has 5 rings (SSSR count). The van der Waals surface area contributed by atoms with Crippen molar-refractivity contribution in [2.24, 2.45) is 0 Å². The van der Waals surface area contributed by atoms with E-state index in [4.69, 9.17) is 9.47 Å². The van der Waals surface area contributed by atoms with E-state index in [-0.39, 0.29) is 17.7 Å². The fourth-order valence-corrected chi connectivity index (χ4v) is 5.46. The molecule has 2 atom stereocenters. The van der Waals surface area contributed by atoms with Crippen LogP contribution in [0.5, 0.6) is 5.75 Å². The summed E-state index contributed by atoms with van der Waals surface area (Å²) in [5, 5.41) is 15.7. The summed E-state index contributed by atoms with van der Waals surface area (Å²) in [6.45, 7) is 4.74. The molecule has 9 nitrogen and oxygen atoms in total. The summed E-state index contributed by atoms with van der Waals surface area (Å²) < 4.78 is 13.0. The molecule has 1 fully saturated rings. The Balaban J connectivity index is 1.47. The number of nitrogens with zero attached hydrogens (tertiary/aromatic N) is 5. The Morgan fingerprint density at radius 1 is 1.31 bits per heavy atom. The number of H-pyrrole nitrogens is 1. The summed E-state index contributed by atoms with van der Waals surface area (Å²) in [6.07, 6.45) is 3.04. The molecule has 184 valence electrons. The molecular formula is C25H30N6O3S. The average molecular weight is 495 g/mol. The number of benzene rings is 1. The predicted molar refractivity (Wildman–Crippen MR) is 135 cm³/mol. The zero-order chi connectivity index (χ0) is 24.2. The highest BCUT2D eigenvalue weighted by molar-refractivity contribution is 7.09. The smallest absolute Gasteiger partial charge is 0.252 e. The Kier molecular flexibility index (Phi) is 7.21. The molecular weight excluding hydrogens is 464 g/mol. The minimum absolute atomic E-state index is 0.0560. The summed E-state index contributed by atoms with van der Waals surface area (Å²) in [5.41, 5.74) is 1.36. The number of fused-ring (bicyclic) bond motifs is 1. The lowest BCUT2D eigenvalue weighted by molar-refractivity contribution is 0.0889. The van der Waals surface area contributed by atoms with Crippen LogP contribution in [0.4, 0.5) is 0 Å². The number of thiophene rings is 1. The molecule has 1 aliphatic rings. The third kappa shape index (κ3) is 5.29. The summed E-state index contributed by atoms with van der Waals surface area (Å²) in [7, 11) is 1.62. The van der Waals surface area contributed by atoms with Gasteiger partial charge in [-0.05, 0) is 64.7 Å². The third-order valence-electron chi connectivity index (χ3n) is 6.53. The summed E-state index contributed by atoms with van der Waals surface area (Å²) in [5.74, 6) is 1.52. The minimum Gasteiger partial charge on any atom is -0.497 e. The van der Waals surface area contributed by atoms with E-state index in [1.54, 1.807) is 18.4 Å². The van der Waals surface area contributed by atoms with Crippen LogP contribution in [0.1, 0.15) is 48.5 Å². The van der Waals surface area contributed by atoms with Crippen LogP contribution >= 0.6 is 11.3 Å². The van der Waals surface area contributed by atoms with Crippen LogP contribution in [0.15, 0.2) is 46.6 Å². The van der Waals surface area contributed by atoms with E-state index in [1.165, 1.54) is 4.88 Å². The van der Waals surface area contributed by atoms with E-state index in [2.05, 4.69) is 49.8 Å². The van der Waals surface area contributed by atoms with Gasteiger partial charge >= 0.3 is 0 Å². The van der Waals surface area contributed by atoms with Gasteiger partial charge in [-0.25, -0.2) is 4.68 Å². The van der Waals surface area contributed by atoms with Crippen LogP contribution in [0.25, 0.3) is 10.9 Å². The topological polar surface area (TPSA) is 98.2 Å². The number of ether oxygens (including phenoxy) is 2. The first-order valence-corrected chi connectivity index (χ1v) is 12.9. The number of nitrogens with one attached hydrogen (secondary N) is 1. The molecule has 4 heterocycles. The second kappa shape index (κ2) is 10.7. The van der Waals surface area contributed by atoms with Gasteiger partial charge in [0, 0.05) is 36.2 Å². The molecule has 0 bridgehead atoms. The van der Waals surface area contributed by atoms with Crippen molar-refractivity contribution in [1.29, 1.82) is 0 Å². The number of hydrogen-bond donors (Lipinski definition) is 1. The molecule has 35 heavy (non-hydrogen) atoms. The van der Waals surface area contributed by atoms with Crippen molar-refractivity contribution in [3.8, 4) is 5.75 Å². The molecule has 0 unspecified atom stereocenters. The molecule has 4 aromatic rings. The van der Waals surface area contributed by atoms with Crippen molar-refractivity contribution in [2.75, 3.05) is 13.7 Å². The normalized spacial score (nSPS) is 16.8.